The van der Waals surface area contributed by atoms with Crippen LogP contribution in [0.25, 0.3) is 0 Å². The van der Waals surface area contributed by atoms with Gasteiger partial charge < -0.3 is 13.6 Å². The van der Waals surface area contributed by atoms with Crippen molar-refractivity contribution in [2.45, 2.75) is 168 Å². The number of esters is 1. The van der Waals surface area contributed by atoms with Crippen LogP contribution in [0.2, 0.25) is 23.2 Å². The highest BCUT2D eigenvalue weighted by atomic mass is 28.4. The number of carbonyl (C=O) groups excluding carboxylic acids is 1. The maximum Gasteiger partial charge on any atom is 0.302 e. The van der Waals surface area contributed by atoms with Crippen LogP contribution in [0.15, 0.2) is 85.0 Å². The van der Waals surface area contributed by atoms with E-state index in [-0.39, 0.29) is 28.3 Å². The van der Waals surface area contributed by atoms with Gasteiger partial charge in [0, 0.05) is 32.3 Å². The Kier molecular flexibility index (Phi) is 18.7. The zero-order valence-electron chi connectivity index (χ0n) is 35.7. The van der Waals surface area contributed by atoms with Gasteiger partial charge in [-0.2, -0.15) is 0 Å². The Morgan fingerprint density at radius 2 is 1.46 bits per heavy atom. The van der Waals surface area contributed by atoms with Gasteiger partial charge in [-0.1, -0.05) is 159 Å². The summed E-state index contributed by atoms with van der Waals surface area (Å²) in [6.45, 7) is 23.1. The van der Waals surface area contributed by atoms with Gasteiger partial charge in [0.15, 0.2) is 8.32 Å². The van der Waals surface area contributed by atoms with Gasteiger partial charge in [-0.3, -0.25) is 4.79 Å². The van der Waals surface area contributed by atoms with Crippen LogP contribution < -0.4 is 10.4 Å². The minimum atomic E-state index is -2.77. The molecule has 0 radical (unpaired) electrons. The summed E-state index contributed by atoms with van der Waals surface area (Å²) in [5, 5.41) is 2.64. The summed E-state index contributed by atoms with van der Waals surface area (Å²) in [5.41, 5.74) is 0. The first-order chi connectivity index (χ1) is 25.6. The highest BCUT2D eigenvalue weighted by Gasteiger charge is 2.51. The maximum absolute atomic E-state index is 12.3. The first kappa shape index (κ1) is 45.7. The Bertz CT molecular complexity index is 1450. The van der Waals surface area contributed by atoms with E-state index in [9.17, 15) is 4.79 Å². The van der Waals surface area contributed by atoms with Crippen LogP contribution in [0.4, 0.5) is 0 Å². The second kappa shape index (κ2) is 22.1. The summed E-state index contributed by atoms with van der Waals surface area (Å²) < 4.78 is 20.1. The molecule has 0 heterocycles. The number of hydrogen-bond acceptors (Lipinski definition) is 4. The Morgan fingerprint density at radius 1 is 0.833 bits per heavy atom. The van der Waals surface area contributed by atoms with Crippen LogP contribution in [-0.4, -0.2) is 41.4 Å². The molecule has 0 bridgehead atoms. The fourth-order valence-corrected chi connectivity index (χ4v) is 13.4. The van der Waals surface area contributed by atoms with Gasteiger partial charge in [-0.25, -0.2) is 0 Å². The molecule has 1 fully saturated rings. The van der Waals surface area contributed by atoms with Crippen LogP contribution in [0.5, 0.6) is 0 Å². The molecule has 298 valence electrons. The highest BCUT2D eigenvalue weighted by Crippen LogP contribution is 2.39. The number of ether oxygens (including phenoxy) is 1. The van der Waals surface area contributed by atoms with Crippen molar-refractivity contribution in [3.63, 3.8) is 0 Å². The van der Waals surface area contributed by atoms with Crippen molar-refractivity contribution < 1.29 is 18.4 Å². The van der Waals surface area contributed by atoms with Gasteiger partial charge in [0.2, 0.25) is 0 Å². The highest BCUT2D eigenvalue weighted by molar-refractivity contribution is 6.99. The molecule has 1 aliphatic rings. The molecular weight excluding hydrogens is 697 g/mol. The molecule has 2 unspecified atom stereocenters. The van der Waals surface area contributed by atoms with E-state index in [0.717, 1.165) is 51.6 Å². The molecule has 0 aromatic heterocycles. The van der Waals surface area contributed by atoms with Crippen LogP contribution in [0, 0.1) is 23.7 Å². The largest absolute Gasteiger partial charge is 0.462 e. The number of carbonyl (C=O) groups is 1. The SMILES string of the molecule is CCCCCC#CCC(/C=C/C=C/[C@H]1CCCC[C@H]1C(CCCCO[Si](C)(C)C(C)(C)C)OC(C)=O)O[Si](c1ccccc1)(c1ccccc1)C(C)(C)C. The third-order valence-corrected chi connectivity index (χ3v) is 21.3. The minimum Gasteiger partial charge on any atom is -0.462 e. The lowest BCUT2D eigenvalue weighted by molar-refractivity contribution is -0.151. The lowest BCUT2D eigenvalue weighted by Gasteiger charge is -2.44. The average Bonchev–Trinajstić information content (AvgIpc) is 3.12. The number of benzene rings is 2. The lowest BCUT2D eigenvalue weighted by Crippen LogP contribution is -2.67. The minimum absolute atomic E-state index is 0.0662. The quantitative estimate of drug-likeness (QED) is 0.0469. The maximum atomic E-state index is 12.3. The Morgan fingerprint density at radius 3 is 2.04 bits per heavy atom. The van der Waals surface area contributed by atoms with Gasteiger partial charge in [0.1, 0.15) is 6.10 Å². The molecule has 0 spiro atoms. The summed E-state index contributed by atoms with van der Waals surface area (Å²) in [4.78, 5) is 12.3. The second-order valence-electron chi connectivity index (χ2n) is 18.0. The van der Waals surface area contributed by atoms with Gasteiger partial charge in [-0.05, 0) is 78.0 Å². The second-order valence-corrected chi connectivity index (χ2v) is 27.0. The summed E-state index contributed by atoms with van der Waals surface area (Å²) in [6.07, 6.45) is 21.4. The Hall–Kier alpha value is -2.70. The molecule has 4 nitrogen and oxygen atoms in total. The van der Waals surface area contributed by atoms with Crippen molar-refractivity contribution in [3.8, 4) is 11.8 Å². The predicted molar refractivity (Wildman–Crippen MR) is 235 cm³/mol. The van der Waals surface area contributed by atoms with E-state index in [1.165, 1.54) is 36.1 Å². The first-order valence-corrected chi connectivity index (χ1v) is 25.8. The van der Waals surface area contributed by atoms with Gasteiger partial charge in [0.25, 0.3) is 8.32 Å². The van der Waals surface area contributed by atoms with Crippen LogP contribution in [-0.2, 0) is 18.4 Å². The third-order valence-electron chi connectivity index (χ3n) is 11.7. The molecule has 0 N–H and O–H groups in total. The summed E-state index contributed by atoms with van der Waals surface area (Å²) in [6, 6.07) is 21.8. The summed E-state index contributed by atoms with van der Waals surface area (Å²) >= 11 is 0. The Balaban J connectivity index is 1.85. The summed E-state index contributed by atoms with van der Waals surface area (Å²) in [5.74, 6) is 7.48. The predicted octanol–water partition coefficient (Wildman–Crippen LogP) is 11.9. The number of rotatable bonds is 19. The van der Waals surface area contributed by atoms with Gasteiger partial charge in [-0.15, -0.1) is 11.8 Å². The molecule has 0 amide bonds. The number of allylic oxidation sites excluding steroid dienone is 3. The molecule has 54 heavy (non-hydrogen) atoms. The molecule has 0 saturated heterocycles. The standard InChI is InChI=1S/C48H74O4Si2/c1-11-12-13-14-15-18-31-42(52-54(48(6,7)8,43-33-19-16-20-34-43)44-35-21-17-22-36-44)32-25-23-29-41-30-24-26-37-45(41)46(51-40(2)49)38-27-28-39-50-53(9,10)47(3,4)5/h16-17,19-23,25,29,32-36,41-42,45-46H,11-14,24,26-28,30-31,37-39H2,1-10H3/b29-23+,32-25+/t41-,42?,45+,46?/m0/s1. The molecule has 3 rings (SSSR count). The zero-order valence-corrected chi connectivity index (χ0v) is 37.7. The van der Waals surface area contributed by atoms with E-state index < -0.39 is 16.6 Å². The monoisotopic (exact) mass is 771 g/mol. The molecule has 6 heteroatoms. The van der Waals surface area contributed by atoms with Crippen molar-refractivity contribution in [2.24, 2.45) is 11.8 Å². The van der Waals surface area contributed by atoms with Crippen LogP contribution in [0.3, 0.4) is 0 Å². The van der Waals surface area contributed by atoms with Crippen molar-refractivity contribution in [1.82, 2.24) is 0 Å². The van der Waals surface area contributed by atoms with Crippen LogP contribution in [0.1, 0.15) is 132 Å². The van der Waals surface area contributed by atoms with E-state index in [0.29, 0.717) is 18.3 Å². The summed E-state index contributed by atoms with van der Waals surface area (Å²) in [7, 11) is -4.53. The molecule has 1 saturated carbocycles. The van der Waals surface area contributed by atoms with Gasteiger partial charge in [0.05, 0.1) is 6.10 Å². The van der Waals surface area contributed by atoms with Crippen molar-refractivity contribution in [2.75, 3.05) is 6.61 Å². The molecule has 2 aromatic rings. The van der Waals surface area contributed by atoms with E-state index >= 15 is 0 Å². The number of unbranched alkanes of at least 4 members (excludes halogenated alkanes) is 4. The first-order valence-electron chi connectivity index (χ1n) is 21.0. The fourth-order valence-electron chi connectivity index (χ4n) is 7.64. The van der Waals surface area contributed by atoms with Crippen LogP contribution >= 0.6 is 0 Å². The topological polar surface area (TPSA) is 44.8 Å². The van der Waals surface area contributed by atoms with E-state index in [2.05, 4.69) is 158 Å². The lowest BCUT2D eigenvalue weighted by atomic mass is 9.75. The van der Waals surface area contributed by atoms with E-state index in [4.69, 9.17) is 13.6 Å². The average molecular weight is 771 g/mol. The van der Waals surface area contributed by atoms with Crippen molar-refractivity contribution in [1.29, 1.82) is 0 Å². The van der Waals surface area contributed by atoms with E-state index in [1.807, 2.05) is 0 Å². The molecule has 4 atom stereocenters. The zero-order chi connectivity index (χ0) is 39.7. The Labute approximate surface area is 333 Å². The van der Waals surface area contributed by atoms with Crippen molar-refractivity contribution in [3.05, 3.63) is 85.0 Å². The van der Waals surface area contributed by atoms with Crippen molar-refractivity contribution >= 4 is 33.0 Å². The van der Waals surface area contributed by atoms with E-state index in [1.54, 1.807) is 6.92 Å². The molecule has 0 aliphatic heterocycles. The third kappa shape index (κ3) is 13.8. The smallest absolute Gasteiger partial charge is 0.302 e. The van der Waals surface area contributed by atoms with Gasteiger partial charge >= 0.3 is 5.97 Å². The fraction of sp³-hybridized carbons (Fsp3) is 0.604. The molecular formula is C48H74O4Si2. The molecule has 1 aliphatic carbocycles. The normalized spacial score (nSPS) is 18.3. The number of hydrogen-bond donors (Lipinski definition) is 0. The molecule has 2 aromatic carbocycles.